The van der Waals surface area contributed by atoms with E-state index in [0.717, 1.165) is 0 Å². The maximum Gasteiger partial charge on any atom is -0.0287 e. The van der Waals surface area contributed by atoms with Gasteiger partial charge in [-0.1, -0.05) is 67.4 Å². The molecule has 0 bridgehead atoms. The van der Waals surface area contributed by atoms with Crippen LogP contribution in [0.3, 0.4) is 0 Å². The number of hydrogen-bond acceptors (Lipinski definition) is 0. The third-order valence-corrected chi connectivity index (χ3v) is 3.70. The zero-order valence-electron chi connectivity index (χ0n) is 9.52. The van der Waals surface area contributed by atoms with Crippen LogP contribution in [0.15, 0.2) is 0 Å². The molecular formula is C12H26P. The molecule has 0 aromatic rings. The lowest BCUT2D eigenvalue weighted by molar-refractivity contribution is 0.603. The van der Waals surface area contributed by atoms with Crippen molar-refractivity contribution in [2.24, 2.45) is 0 Å². The fourth-order valence-electron chi connectivity index (χ4n) is 1.45. The van der Waals surface area contributed by atoms with Crippen LogP contribution in [0.4, 0.5) is 0 Å². The van der Waals surface area contributed by atoms with Crippen molar-refractivity contribution in [3.05, 3.63) is 0 Å². The average molecular weight is 201 g/mol. The highest BCUT2D eigenvalue weighted by molar-refractivity contribution is 7.37. The number of hydrogen-bond donors (Lipinski definition) is 0. The Morgan fingerprint density at radius 2 is 1.23 bits per heavy atom. The van der Waals surface area contributed by atoms with Gasteiger partial charge in [0.05, 0.1) is 0 Å². The summed E-state index contributed by atoms with van der Waals surface area (Å²) in [4.78, 5) is 0. The van der Waals surface area contributed by atoms with Crippen LogP contribution in [-0.2, 0) is 0 Å². The van der Waals surface area contributed by atoms with Gasteiger partial charge in [0, 0.05) is 0 Å². The van der Waals surface area contributed by atoms with Crippen LogP contribution in [0.25, 0.3) is 0 Å². The minimum Gasteiger partial charge on any atom is -0.0810 e. The van der Waals surface area contributed by atoms with Crippen LogP contribution in [0.1, 0.15) is 65.2 Å². The Morgan fingerprint density at radius 3 is 1.85 bits per heavy atom. The predicted molar refractivity (Wildman–Crippen MR) is 64.9 cm³/mol. The van der Waals surface area contributed by atoms with Gasteiger partial charge in [-0.3, -0.25) is 0 Å². The highest BCUT2D eigenvalue weighted by atomic mass is 31.1. The van der Waals surface area contributed by atoms with Crippen molar-refractivity contribution in [3.63, 3.8) is 0 Å². The fourth-order valence-corrected chi connectivity index (χ4v) is 2.44. The minimum atomic E-state index is 1.36. The van der Waals surface area contributed by atoms with Gasteiger partial charge >= 0.3 is 0 Å². The van der Waals surface area contributed by atoms with Gasteiger partial charge in [0.1, 0.15) is 0 Å². The number of unbranched alkanes of at least 4 members (excludes halogenated alkanes) is 6. The van der Waals surface area contributed by atoms with Crippen molar-refractivity contribution in [2.75, 3.05) is 12.3 Å². The smallest absolute Gasteiger partial charge is 0.0287 e. The summed E-state index contributed by atoms with van der Waals surface area (Å²) in [6.07, 6.45) is 14.4. The van der Waals surface area contributed by atoms with E-state index in [-0.39, 0.29) is 0 Å². The maximum atomic E-state index is 2.28. The molecule has 0 aromatic carbocycles. The molecule has 1 radical (unpaired) electrons. The quantitative estimate of drug-likeness (QED) is 0.341. The zero-order valence-corrected chi connectivity index (χ0v) is 10.4. The van der Waals surface area contributed by atoms with Crippen LogP contribution in [0, 0.1) is 0 Å². The van der Waals surface area contributed by atoms with E-state index in [0.29, 0.717) is 0 Å². The van der Waals surface area contributed by atoms with E-state index >= 15 is 0 Å². The second-order valence-electron chi connectivity index (χ2n) is 3.79. The monoisotopic (exact) mass is 201 g/mol. The second-order valence-corrected chi connectivity index (χ2v) is 5.13. The summed E-state index contributed by atoms with van der Waals surface area (Å²) < 4.78 is 0. The third kappa shape index (κ3) is 12.4. The minimum absolute atomic E-state index is 1.36. The highest BCUT2D eigenvalue weighted by Gasteiger charge is 1.91. The summed E-state index contributed by atoms with van der Waals surface area (Å²) in [6.45, 7) is 4.56. The van der Waals surface area contributed by atoms with Crippen LogP contribution in [0.2, 0.25) is 0 Å². The van der Waals surface area contributed by atoms with Gasteiger partial charge in [-0.15, -0.1) is 0 Å². The van der Waals surface area contributed by atoms with E-state index < -0.39 is 0 Å². The Morgan fingerprint density at radius 1 is 0.615 bits per heavy atom. The third-order valence-electron chi connectivity index (χ3n) is 2.30. The lowest BCUT2D eigenvalue weighted by Crippen LogP contribution is -1.82. The van der Waals surface area contributed by atoms with E-state index in [9.17, 15) is 0 Å². The molecule has 0 aromatic heterocycles. The Hall–Kier alpha value is 0.430. The average Bonchev–Trinajstić information content (AvgIpc) is 2.16. The lowest BCUT2D eigenvalue weighted by Gasteiger charge is -2.00. The molecule has 0 aliphatic rings. The molecule has 0 fully saturated rings. The highest BCUT2D eigenvalue weighted by Crippen LogP contribution is 2.15. The lowest BCUT2D eigenvalue weighted by atomic mass is 10.1. The first kappa shape index (κ1) is 13.4. The Kier molecular flexibility index (Phi) is 12.8. The van der Waals surface area contributed by atoms with Crippen molar-refractivity contribution in [2.45, 2.75) is 65.2 Å². The molecule has 0 spiro atoms. The molecule has 13 heavy (non-hydrogen) atoms. The number of rotatable bonds is 10. The SMILES string of the molecule is CCCCCCCCC[P]CCC. The Balaban J connectivity index is 2.76. The van der Waals surface area contributed by atoms with Gasteiger partial charge in [0.15, 0.2) is 0 Å². The van der Waals surface area contributed by atoms with E-state index in [4.69, 9.17) is 0 Å². The van der Waals surface area contributed by atoms with Gasteiger partial charge in [-0.25, -0.2) is 0 Å². The van der Waals surface area contributed by atoms with Crippen molar-refractivity contribution in [1.29, 1.82) is 0 Å². The van der Waals surface area contributed by atoms with Crippen molar-refractivity contribution in [1.82, 2.24) is 0 Å². The summed E-state index contributed by atoms with van der Waals surface area (Å²) >= 11 is 0. The molecular weight excluding hydrogens is 175 g/mol. The topological polar surface area (TPSA) is 0 Å². The van der Waals surface area contributed by atoms with Crippen molar-refractivity contribution >= 4 is 8.58 Å². The Bertz CT molecular complexity index is 71.2. The summed E-state index contributed by atoms with van der Waals surface area (Å²) in [7, 11) is 1.68. The molecule has 0 heterocycles. The molecule has 0 saturated heterocycles. The normalized spacial score (nSPS) is 11.5. The summed E-state index contributed by atoms with van der Waals surface area (Å²) in [5.74, 6) is 0. The molecule has 0 atom stereocenters. The van der Waals surface area contributed by atoms with E-state index in [1.807, 2.05) is 0 Å². The standard InChI is InChI=1S/C12H26P/c1-3-5-6-7-8-9-10-12-13-11-4-2/h3-12H2,1-2H3. The van der Waals surface area contributed by atoms with Gasteiger partial charge in [0.25, 0.3) is 0 Å². The Labute approximate surface area is 86.7 Å². The molecule has 79 valence electrons. The first-order valence-electron chi connectivity index (χ1n) is 6.05. The summed E-state index contributed by atoms with van der Waals surface area (Å²) in [5, 5.41) is 0. The molecule has 0 saturated carbocycles. The molecule has 0 N–H and O–H groups in total. The van der Waals surface area contributed by atoms with Crippen LogP contribution in [-0.4, -0.2) is 12.3 Å². The van der Waals surface area contributed by atoms with Gasteiger partial charge in [-0.05, 0) is 18.7 Å². The predicted octanol–water partition coefficient (Wildman–Crippen LogP) is 5.09. The van der Waals surface area contributed by atoms with Crippen LogP contribution < -0.4 is 0 Å². The summed E-state index contributed by atoms with van der Waals surface area (Å²) in [5.41, 5.74) is 0. The molecule has 0 unspecified atom stereocenters. The second kappa shape index (κ2) is 12.4. The summed E-state index contributed by atoms with van der Waals surface area (Å²) in [6, 6.07) is 0. The van der Waals surface area contributed by atoms with E-state index in [2.05, 4.69) is 13.8 Å². The van der Waals surface area contributed by atoms with Crippen LogP contribution in [0.5, 0.6) is 0 Å². The zero-order chi connectivity index (χ0) is 9.78. The van der Waals surface area contributed by atoms with E-state index in [1.165, 1.54) is 63.7 Å². The molecule has 0 nitrogen and oxygen atoms in total. The molecule has 0 aliphatic carbocycles. The van der Waals surface area contributed by atoms with Gasteiger partial charge < -0.3 is 0 Å². The molecule has 0 amide bonds. The first-order chi connectivity index (χ1) is 6.41. The molecule has 0 aliphatic heterocycles. The first-order valence-corrected chi connectivity index (χ1v) is 7.31. The molecule has 1 heteroatoms. The van der Waals surface area contributed by atoms with Crippen LogP contribution >= 0.6 is 8.58 Å². The van der Waals surface area contributed by atoms with Gasteiger partial charge in [-0.2, -0.15) is 0 Å². The largest absolute Gasteiger partial charge is 0.0810 e. The van der Waals surface area contributed by atoms with Crippen molar-refractivity contribution in [3.8, 4) is 0 Å². The van der Waals surface area contributed by atoms with Crippen molar-refractivity contribution < 1.29 is 0 Å². The van der Waals surface area contributed by atoms with E-state index in [1.54, 1.807) is 8.58 Å². The fraction of sp³-hybridized carbons (Fsp3) is 1.00. The maximum absolute atomic E-state index is 2.28. The molecule has 0 rings (SSSR count). The van der Waals surface area contributed by atoms with Gasteiger partial charge in [0.2, 0.25) is 0 Å².